The van der Waals surface area contributed by atoms with Gasteiger partial charge in [-0.05, 0) is 41.1 Å². The van der Waals surface area contributed by atoms with Gasteiger partial charge in [0.2, 0.25) is 0 Å². The summed E-state index contributed by atoms with van der Waals surface area (Å²) in [5, 5.41) is 10.7. The SMILES string of the molecule is COCCCN(C)c1ccc([N+](=O)[O-])c(I)c1. The smallest absolute Gasteiger partial charge is 0.282 e. The van der Waals surface area contributed by atoms with Crippen LogP contribution in [0.3, 0.4) is 0 Å². The molecule has 6 heteroatoms. The van der Waals surface area contributed by atoms with Crippen LogP contribution in [0.4, 0.5) is 11.4 Å². The lowest BCUT2D eigenvalue weighted by atomic mass is 10.2. The fourth-order valence-electron chi connectivity index (χ4n) is 1.46. The summed E-state index contributed by atoms with van der Waals surface area (Å²) in [4.78, 5) is 12.4. The highest BCUT2D eigenvalue weighted by Crippen LogP contribution is 2.25. The van der Waals surface area contributed by atoms with Crippen molar-refractivity contribution in [3.8, 4) is 0 Å². The second kappa shape index (κ2) is 6.75. The molecule has 0 aliphatic heterocycles. The van der Waals surface area contributed by atoms with Crippen LogP contribution in [-0.4, -0.2) is 32.2 Å². The molecule has 0 amide bonds. The van der Waals surface area contributed by atoms with Crippen LogP contribution in [0.1, 0.15) is 6.42 Å². The van der Waals surface area contributed by atoms with Gasteiger partial charge >= 0.3 is 0 Å². The van der Waals surface area contributed by atoms with Crippen molar-refractivity contribution in [2.75, 3.05) is 32.2 Å². The minimum Gasteiger partial charge on any atom is -0.385 e. The van der Waals surface area contributed by atoms with Crippen LogP contribution < -0.4 is 4.90 Å². The largest absolute Gasteiger partial charge is 0.385 e. The van der Waals surface area contributed by atoms with Gasteiger partial charge in [0.25, 0.3) is 5.69 Å². The Bertz CT molecular complexity index is 398. The van der Waals surface area contributed by atoms with E-state index in [1.807, 2.05) is 35.7 Å². The molecule has 0 radical (unpaired) electrons. The molecule has 17 heavy (non-hydrogen) atoms. The van der Waals surface area contributed by atoms with E-state index in [0.29, 0.717) is 10.2 Å². The molecule has 0 N–H and O–H groups in total. The molecule has 0 unspecified atom stereocenters. The van der Waals surface area contributed by atoms with Gasteiger partial charge in [0, 0.05) is 39.1 Å². The van der Waals surface area contributed by atoms with Crippen molar-refractivity contribution in [2.45, 2.75) is 6.42 Å². The lowest BCUT2D eigenvalue weighted by Crippen LogP contribution is -2.19. The molecule has 0 aromatic heterocycles. The number of hydrogen-bond acceptors (Lipinski definition) is 4. The highest BCUT2D eigenvalue weighted by Gasteiger charge is 2.12. The number of methoxy groups -OCH3 is 1. The first-order chi connectivity index (χ1) is 8.06. The molecular formula is C11H15IN2O3. The third kappa shape index (κ3) is 4.12. The summed E-state index contributed by atoms with van der Waals surface area (Å²) in [6.07, 6.45) is 0.931. The number of ether oxygens (including phenoxy) is 1. The third-order valence-corrected chi connectivity index (χ3v) is 3.27. The van der Waals surface area contributed by atoms with E-state index in [9.17, 15) is 10.1 Å². The quantitative estimate of drug-likeness (QED) is 0.343. The third-order valence-electron chi connectivity index (χ3n) is 2.41. The Morgan fingerprint density at radius 2 is 2.24 bits per heavy atom. The average molecular weight is 350 g/mol. The normalized spacial score (nSPS) is 10.3. The van der Waals surface area contributed by atoms with Crippen molar-refractivity contribution in [1.82, 2.24) is 0 Å². The number of hydrogen-bond donors (Lipinski definition) is 0. The number of nitrogens with zero attached hydrogens (tertiary/aromatic N) is 2. The molecule has 0 bridgehead atoms. The molecule has 0 saturated heterocycles. The molecule has 0 atom stereocenters. The van der Waals surface area contributed by atoms with Crippen molar-refractivity contribution in [2.24, 2.45) is 0 Å². The van der Waals surface area contributed by atoms with Crippen LogP contribution >= 0.6 is 22.6 Å². The van der Waals surface area contributed by atoms with Crippen molar-refractivity contribution in [1.29, 1.82) is 0 Å². The van der Waals surface area contributed by atoms with Crippen LogP contribution in [0.5, 0.6) is 0 Å². The highest BCUT2D eigenvalue weighted by atomic mass is 127. The van der Waals surface area contributed by atoms with Gasteiger partial charge in [0.1, 0.15) is 0 Å². The second-order valence-electron chi connectivity index (χ2n) is 3.66. The fraction of sp³-hybridized carbons (Fsp3) is 0.455. The summed E-state index contributed by atoms with van der Waals surface area (Å²) < 4.78 is 5.64. The van der Waals surface area contributed by atoms with Gasteiger partial charge in [-0.15, -0.1) is 0 Å². The Balaban J connectivity index is 2.72. The lowest BCUT2D eigenvalue weighted by Gasteiger charge is -2.19. The molecule has 1 aromatic carbocycles. The van der Waals surface area contributed by atoms with Gasteiger partial charge in [0.15, 0.2) is 0 Å². The zero-order valence-corrected chi connectivity index (χ0v) is 12.0. The van der Waals surface area contributed by atoms with E-state index in [4.69, 9.17) is 4.74 Å². The minimum absolute atomic E-state index is 0.152. The number of anilines is 1. The minimum atomic E-state index is -0.365. The Kier molecular flexibility index (Phi) is 5.63. The molecule has 0 fully saturated rings. The van der Waals surface area contributed by atoms with Gasteiger partial charge in [-0.2, -0.15) is 0 Å². The Hall–Kier alpha value is -0.890. The van der Waals surface area contributed by atoms with Gasteiger partial charge in [-0.1, -0.05) is 0 Å². The number of rotatable bonds is 6. The van der Waals surface area contributed by atoms with E-state index in [1.54, 1.807) is 19.2 Å². The highest BCUT2D eigenvalue weighted by molar-refractivity contribution is 14.1. The van der Waals surface area contributed by atoms with Crippen molar-refractivity contribution < 1.29 is 9.66 Å². The monoisotopic (exact) mass is 350 g/mol. The number of halogens is 1. The van der Waals surface area contributed by atoms with Crippen LogP contribution in [-0.2, 0) is 4.74 Å². The molecule has 1 rings (SSSR count). The lowest BCUT2D eigenvalue weighted by molar-refractivity contribution is -0.385. The molecule has 0 aliphatic rings. The maximum Gasteiger partial charge on any atom is 0.282 e. The van der Waals surface area contributed by atoms with Crippen LogP contribution in [0, 0.1) is 13.7 Å². The average Bonchev–Trinajstić information content (AvgIpc) is 2.28. The topological polar surface area (TPSA) is 55.6 Å². The van der Waals surface area contributed by atoms with Gasteiger partial charge in [0.05, 0.1) is 8.49 Å². The molecule has 94 valence electrons. The van der Waals surface area contributed by atoms with Crippen molar-refractivity contribution in [3.05, 3.63) is 31.9 Å². The number of nitro groups is 1. The van der Waals surface area contributed by atoms with Crippen LogP contribution in [0.25, 0.3) is 0 Å². The summed E-state index contributed by atoms with van der Waals surface area (Å²) in [5.74, 6) is 0. The Morgan fingerprint density at radius 1 is 1.53 bits per heavy atom. The predicted molar refractivity (Wildman–Crippen MR) is 75.6 cm³/mol. The molecule has 0 spiro atoms. The summed E-state index contributed by atoms with van der Waals surface area (Å²) in [6.45, 7) is 1.58. The number of nitro benzene ring substituents is 1. The first kappa shape index (κ1) is 14.2. The Morgan fingerprint density at radius 3 is 2.76 bits per heavy atom. The second-order valence-corrected chi connectivity index (χ2v) is 4.82. The zero-order valence-electron chi connectivity index (χ0n) is 9.85. The van der Waals surface area contributed by atoms with E-state index < -0.39 is 0 Å². The van der Waals surface area contributed by atoms with Gasteiger partial charge < -0.3 is 9.64 Å². The van der Waals surface area contributed by atoms with E-state index >= 15 is 0 Å². The molecule has 0 aliphatic carbocycles. The van der Waals surface area contributed by atoms with Crippen LogP contribution in [0.2, 0.25) is 0 Å². The standard InChI is InChI=1S/C11H15IN2O3/c1-13(6-3-7-17-2)9-4-5-11(14(15)16)10(12)8-9/h4-5,8H,3,6-7H2,1-2H3. The molecule has 1 aromatic rings. The predicted octanol–water partition coefficient (Wildman–Crippen LogP) is 2.67. The van der Waals surface area contributed by atoms with Gasteiger partial charge in [-0.25, -0.2) is 0 Å². The van der Waals surface area contributed by atoms with Crippen LogP contribution in [0.15, 0.2) is 18.2 Å². The summed E-state index contributed by atoms with van der Waals surface area (Å²) in [7, 11) is 3.64. The Labute approximate surface area is 114 Å². The van der Waals surface area contributed by atoms with Gasteiger partial charge in [-0.3, -0.25) is 10.1 Å². The zero-order chi connectivity index (χ0) is 12.8. The summed E-state index contributed by atoms with van der Waals surface area (Å²) in [6, 6.07) is 5.14. The van der Waals surface area contributed by atoms with E-state index in [0.717, 1.165) is 18.7 Å². The van der Waals surface area contributed by atoms with E-state index in [1.165, 1.54) is 0 Å². The molecular weight excluding hydrogens is 335 g/mol. The van der Waals surface area contributed by atoms with Crippen molar-refractivity contribution >= 4 is 34.0 Å². The maximum absolute atomic E-state index is 10.7. The summed E-state index contributed by atoms with van der Waals surface area (Å²) in [5.41, 5.74) is 1.13. The summed E-state index contributed by atoms with van der Waals surface area (Å²) >= 11 is 1.99. The number of benzene rings is 1. The molecule has 5 nitrogen and oxygen atoms in total. The van der Waals surface area contributed by atoms with E-state index in [-0.39, 0.29) is 10.6 Å². The maximum atomic E-state index is 10.7. The fourth-order valence-corrected chi connectivity index (χ4v) is 2.15. The van der Waals surface area contributed by atoms with Crippen molar-refractivity contribution in [3.63, 3.8) is 0 Å². The molecule has 0 heterocycles. The molecule has 0 saturated carbocycles. The van der Waals surface area contributed by atoms with E-state index in [2.05, 4.69) is 4.90 Å². The first-order valence-corrected chi connectivity index (χ1v) is 6.28. The first-order valence-electron chi connectivity index (χ1n) is 5.20.